The monoisotopic (exact) mass is 220 g/mol. The highest BCUT2D eigenvalue weighted by Crippen LogP contribution is 2.04. The van der Waals surface area contributed by atoms with Crippen molar-refractivity contribution in [1.29, 1.82) is 0 Å². The summed E-state index contributed by atoms with van der Waals surface area (Å²) in [7, 11) is 0. The van der Waals surface area contributed by atoms with Crippen LogP contribution in [0.3, 0.4) is 0 Å². The number of hydrazone groups is 1. The van der Waals surface area contributed by atoms with Gasteiger partial charge in [0.2, 0.25) is 5.95 Å². The third-order valence-electron chi connectivity index (χ3n) is 1.58. The molecule has 2 rings (SSSR count). The first kappa shape index (κ1) is 9.60. The van der Waals surface area contributed by atoms with Gasteiger partial charge in [0.25, 0.3) is 5.56 Å². The number of aromatic nitrogens is 2. The van der Waals surface area contributed by atoms with Gasteiger partial charge in [-0.15, -0.1) is 11.3 Å². The van der Waals surface area contributed by atoms with Crippen molar-refractivity contribution in [3.8, 4) is 0 Å². The number of nitrogens with one attached hydrogen (secondary N) is 2. The summed E-state index contributed by atoms with van der Waals surface area (Å²) in [4.78, 5) is 18.3. The van der Waals surface area contributed by atoms with Crippen LogP contribution in [0.25, 0.3) is 0 Å². The zero-order valence-electron chi connectivity index (χ0n) is 7.68. The highest BCUT2D eigenvalue weighted by molar-refractivity contribution is 7.11. The second-order valence-electron chi connectivity index (χ2n) is 2.67. The molecule has 0 saturated carbocycles. The fourth-order valence-corrected chi connectivity index (χ4v) is 1.53. The average Bonchev–Trinajstić information content (AvgIpc) is 2.71. The predicted octanol–water partition coefficient (Wildman–Crippen LogP) is 1.28. The SMILES string of the molecule is O=c1ccnc(NN=Cc2cccs2)[nH]1. The molecule has 0 saturated heterocycles. The lowest BCUT2D eigenvalue weighted by Gasteiger charge is -1.95. The smallest absolute Gasteiger partial charge is 0.252 e. The Labute approximate surface area is 89.5 Å². The van der Waals surface area contributed by atoms with Crippen LogP contribution in [0.5, 0.6) is 0 Å². The van der Waals surface area contributed by atoms with E-state index >= 15 is 0 Å². The maximum Gasteiger partial charge on any atom is 0.252 e. The van der Waals surface area contributed by atoms with E-state index in [0.717, 1.165) is 4.88 Å². The number of anilines is 1. The van der Waals surface area contributed by atoms with Crippen molar-refractivity contribution in [2.24, 2.45) is 5.10 Å². The zero-order valence-corrected chi connectivity index (χ0v) is 8.49. The topological polar surface area (TPSA) is 70.1 Å². The molecule has 5 nitrogen and oxygen atoms in total. The molecule has 2 N–H and O–H groups in total. The molecule has 0 aliphatic heterocycles. The molecule has 0 bridgehead atoms. The van der Waals surface area contributed by atoms with E-state index in [2.05, 4.69) is 20.5 Å². The normalized spacial score (nSPS) is 10.7. The largest absolute Gasteiger partial charge is 0.291 e. The van der Waals surface area contributed by atoms with E-state index in [1.165, 1.54) is 12.3 Å². The molecule has 0 spiro atoms. The van der Waals surface area contributed by atoms with Gasteiger partial charge < -0.3 is 0 Å². The van der Waals surface area contributed by atoms with Gasteiger partial charge in [0, 0.05) is 17.1 Å². The van der Waals surface area contributed by atoms with Crippen LogP contribution in [0.4, 0.5) is 5.95 Å². The van der Waals surface area contributed by atoms with Crippen molar-refractivity contribution >= 4 is 23.5 Å². The predicted molar refractivity (Wildman–Crippen MR) is 60.4 cm³/mol. The van der Waals surface area contributed by atoms with E-state index in [1.807, 2.05) is 17.5 Å². The average molecular weight is 220 g/mol. The minimum atomic E-state index is -0.209. The third-order valence-corrected chi connectivity index (χ3v) is 2.38. The van der Waals surface area contributed by atoms with Gasteiger partial charge in [0.05, 0.1) is 6.21 Å². The summed E-state index contributed by atoms with van der Waals surface area (Å²) in [6.07, 6.45) is 3.08. The van der Waals surface area contributed by atoms with Crippen molar-refractivity contribution < 1.29 is 0 Å². The van der Waals surface area contributed by atoms with E-state index in [9.17, 15) is 4.79 Å². The van der Waals surface area contributed by atoms with Crippen LogP contribution in [0.1, 0.15) is 4.88 Å². The van der Waals surface area contributed by atoms with E-state index in [0.29, 0.717) is 5.95 Å². The maximum absolute atomic E-state index is 10.9. The molecule has 2 aromatic rings. The molecule has 0 aliphatic rings. The minimum Gasteiger partial charge on any atom is -0.291 e. The molecule has 0 aliphatic carbocycles. The quantitative estimate of drug-likeness (QED) is 0.604. The van der Waals surface area contributed by atoms with E-state index in [-0.39, 0.29) is 5.56 Å². The van der Waals surface area contributed by atoms with E-state index in [4.69, 9.17) is 0 Å². The summed E-state index contributed by atoms with van der Waals surface area (Å²) >= 11 is 1.58. The molecule has 0 fully saturated rings. The van der Waals surface area contributed by atoms with Gasteiger partial charge in [-0.05, 0) is 11.4 Å². The number of nitrogens with zero attached hydrogens (tertiary/aromatic N) is 2. The molecule has 2 heterocycles. The van der Waals surface area contributed by atoms with Gasteiger partial charge in [-0.1, -0.05) is 6.07 Å². The van der Waals surface area contributed by atoms with Gasteiger partial charge in [0.1, 0.15) is 0 Å². The lowest BCUT2D eigenvalue weighted by molar-refractivity contribution is 1.08. The van der Waals surface area contributed by atoms with Crippen molar-refractivity contribution in [2.45, 2.75) is 0 Å². The Bertz CT molecular complexity index is 503. The van der Waals surface area contributed by atoms with Crippen LogP contribution in [0.15, 0.2) is 39.7 Å². The molecule has 0 radical (unpaired) electrons. The fraction of sp³-hybridized carbons (Fsp3) is 0. The molecular formula is C9H8N4OS. The lowest BCUT2D eigenvalue weighted by Crippen LogP contribution is -2.07. The van der Waals surface area contributed by atoms with Crippen LogP contribution < -0.4 is 11.0 Å². The number of rotatable bonds is 3. The van der Waals surface area contributed by atoms with Crippen molar-refractivity contribution in [2.75, 3.05) is 5.43 Å². The Morgan fingerprint density at radius 2 is 2.47 bits per heavy atom. The lowest BCUT2D eigenvalue weighted by atomic mass is 10.5. The highest BCUT2D eigenvalue weighted by Gasteiger charge is 1.90. The van der Waals surface area contributed by atoms with E-state index in [1.54, 1.807) is 17.6 Å². The summed E-state index contributed by atoms with van der Waals surface area (Å²) in [6, 6.07) is 5.22. The summed E-state index contributed by atoms with van der Waals surface area (Å²) < 4.78 is 0. The van der Waals surface area contributed by atoms with Crippen molar-refractivity contribution in [3.63, 3.8) is 0 Å². The van der Waals surface area contributed by atoms with Crippen LogP contribution in [-0.4, -0.2) is 16.2 Å². The third kappa shape index (κ3) is 2.75. The Kier molecular flexibility index (Phi) is 2.89. The molecule has 0 unspecified atom stereocenters. The number of hydrogen-bond acceptors (Lipinski definition) is 5. The summed E-state index contributed by atoms with van der Waals surface area (Å²) in [5, 5.41) is 5.89. The first-order valence-electron chi connectivity index (χ1n) is 4.22. The number of thiophene rings is 1. The number of aromatic amines is 1. The summed E-state index contributed by atoms with van der Waals surface area (Å²) in [5.74, 6) is 0.329. The minimum absolute atomic E-state index is 0.209. The summed E-state index contributed by atoms with van der Waals surface area (Å²) in [5.41, 5.74) is 2.42. The van der Waals surface area contributed by atoms with Crippen LogP contribution >= 0.6 is 11.3 Å². The Hall–Kier alpha value is -1.95. The highest BCUT2D eigenvalue weighted by atomic mass is 32.1. The molecule has 2 aromatic heterocycles. The van der Waals surface area contributed by atoms with Gasteiger partial charge in [-0.25, -0.2) is 10.4 Å². The molecule has 15 heavy (non-hydrogen) atoms. The molecule has 0 aromatic carbocycles. The zero-order chi connectivity index (χ0) is 10.5. The molecule has 76 valence electrons. The standard InChI is InChI=1S/C9H8N4OS/c14-8-3-4-10-9(12-8)13-11-6-7-2-1-5-15-7/h1-6H,(H2,10,12,13,14). The first-order chi connectivity index (χ1) is 7.34. The van der Waals surface area contributed by atoms with Crippen molar-refractivity contribution in [1.82, 2.24) is 9.97 Å². The molecular weight excluding hydrogens is 212 g/mol. The maximum atomic E-state index is 10.9. The van der Waals surface area contributed by atoms with E-state index < -0.39 is 0 Å². The van der Waals surface area contributed by atoms with Crippen LogP contribution in [0, 0.1) is 0 Å². The summed E-state index contributed by atoms with van der Waals surface area (Å²) in [6.45, 7) is 0. The van der Waals surface area contributed by atoms with Crippen molar-refractivity contribution in [3.05, 3.63) is 45.0 Å². The Morgan fingerprint density at radius 1 is 1.53 bits per heavy atom. The molecule has 6 heteroatoms. The molecule has 0 atom stereocenters. The van der Waals surface area contributed by atoms with Gasteiger partial charge in [-0.3, -0.25) is 9.78 Å². The second kappa shape index (κ2) is 4.52. The van der Waals surface area contributed by atoms with Gasteiger partial charge in [0.15, 0.2) is 0 Å². The first-order valence-corrected chi connectivity index (χ1v) is 5.10. The van der Waals surface area contributed by atoms with Gasteiger partial charge in [-0.2, -0.15) is 5.10 Å². The Balaban J connectivity index is 2.02. The fourth-order valence-electron chi connectivity index (χ4n) is 0.949. The molecule has 0 amide bonds. The second-order valence-corrected chi connectivity index (χ2v) is 3.65. The van der Waals surface area contributed by atoms with Crippen LogP contribution in [0.2, 0.25) is 0 Å². The van der Waals surface area contributed by atoms with Gasteiger partial charge >= 0.3 is 0 Å². The van der Waals surface area contributed by atoms with Crippen LogP contribution in [-0.2, 0) is 0 Å². The number of H-pyrrole nitrogens is 1. The Morgan fingerprint density at radius 3 is 3.20 bits per heavy atom. The number of hydrogen-bond donors (Lipinski definition) is 2.